The molecule has 2 aromatic rings. The number of benzene rings is 2. The Balaban J connectivity index is 1.27. The minimum absolute atomic E-state index is 0.0118. The number of hydrogen-bond acceptors (Lipinski definition) is 6. The maximum absolute atomic E-state index is 12.8. The van der Waals surface area contributed by atoms with Gasteiger partial charge in [-0.1, -0.05) is 12.1 Å². The maximum atomic E-state index is 12.8. The summed E-state index contributed by atoms with van der Waals surface area (Å²) in [6, 6.07) is 14.7. The second-order valence-corrected chi connectivity index (χ2v) is 9.62. The zero-order valence-electron chi connectivity index (χ0n) is 21.1. The van der Waals surface area contributed by atoms with E-state index in [2.05, 4.69) is 20.9 Å². The van der Waals surface area contributed by atoms with Gasteiger partial charge in [0.15, 0.2) is 0 Å². The fourth-order valence-electron chi connectivity index (χ4n) is 4.86. The molecule has 2 saturated heterocycles. The Labute approximate surface area is 212 Å². The van der Waals surface area contributed by atoms with E-state index in [-0.39, 0.29) is 35.8 Å². The van der Waals surface area contributed by atoms with Crippen molar-refractivity contribution in [3.05, 3.63) is 59.7 Å². The highest BCUT2D eigenvalue weighted by Crippen LogP contribution is 2.26. The molecule has 36 heavy (non-hydrogen) atoms. The van der Waals surface area contributed by atoms with Gasteiger partial charge in [0, 0.05) is 63.5 Å². The third-order valence-corrected chi connectivity index (χ3v) is 6.96. The van der Waals surface area contributed by atoms with E-state index in [1.165, 1.54) is 0 Å². The van der Waals surface area contributed by atoms with Crippen molar-refractivity contribution in [2.45, 2.75) is 43.9 Å². The molecule has 3 atom stereocenters. The molecular formula is C27H35N5O4. The molecule has 2 aliphatic rings. The first-order valence-electron chi connectivity index (χ1n) is 12.4. The van der Waals surface area contributed by atoms with E-state index in [0.717, 1.165) is 17.0 Å². The van der Waals surface area contributed by atoms with Gasteiger partial charge in [0.1, 0.15) is 5.75 Å². The first kappa shape index (κ1) is 25.5. The van der Waals surface area contributed by atoms with E-state index >= 15 is 0 Å². The van der Waals surface area contributed by atoms with Gasteiger partial charge in [-0.15, -0.1) is 0 Å². The number of nitrogens with zero attached hydrogens (tertiary/aromatic N) is 2. The van der Waals surface area contributed by atoms with Crippen molar-refractivity contribution in [2.24, 2.45) is 0 Å². The van der Waals surface area contributed by atoms with Crippen LogP contribution in [-0.4, -0.2) is 75.0 Å². The molecule has 2 heterocycles. The first-order chi connectivity index (χ1) is 17.3. The van der Waals surface area contributed by atoms with Crippen LogP contribution in [0.2, 0.25) is 0 Å². The summed E-state index contributed by atoms with van der Waals surface area (Å²) in [5.74, 6) is 0.605. The molecule has 0 radical (unpaired) electrons. The van der Waals surface area contributed by atoms with Gasteiger partial charge in [0.05, 0.1) is 13.2 Å². The lowest BCUT2D eigenvalue weighted by Crippen LogP contribution is -2.58. The minimum atomic E-state index is -0.285. The van der Waals surface area contributed by atoms with Crippen LogP contribution in [0, 0.1) is 0 Å². The summed E-state index contributed by atoms with van der Waals surface area (Å²) < 4.78 is 5.16. The number of rotatable bonds is 9. The standard InChI is InChI=1S/C27H35N5O4/c1-31(2)21-8-6-19(7-9-21)26(34)30-20-14-24-27(35)29-16-22(32(24)17-20)10-13-25(33)28-15-18-4-11-23(36-3)12-5-18/h4-9,11-12,20,22,24H,10,13-17H2,1-3H3,(H,28,33)(H,29,35)(H,30,34)/t20-,22-,24+/m1/s1. The van der Waals surface area contributed by atoms with Crippen LogP contribution >= 0.6 is 0 Å². The number of carbonyl (C=O) groups excluding carboxylic acids is 3. The number of carbonyl (C=O) groups is 3. The van der Waals surface area contributed by atoms with Crippen molar-refractivity contribution in [3.63, 3.8) is 0 Å². The number of ether oxygens (including phenoxy) is 1. The average molecular weight is 494 g/mol. The second kappa shape index (κ2) is 11.4. The molecule has 0 unspecified atom stereocenters. The summed E-state index contributed by atoms with van der Waals surface area (Å²) in [6.07, 6.45) is 1.57. The number of methoxy groups -OCH3 is 1. The molecule has 0 aromatic heterocycles. The van der Waals surface area contributed by atoms with Crippen LogP contribution in [0.25, 0.3) is 0 Å². The Hall–Kier alpha value is -3.59. The van der Waals surface area contributed by atoms with Crippen LogP contribution < -0.4 is 25.6 Å². The molecule has 0 aliphatic carbocycles. The van der Waals surface area contributed by atoms with Crippen molar-refractivity contribution >= 4 is 23.4 Å². The van der Waals surface area contributed by atoms with Crippen molar-refractivity contribution in [1.29, 1.82) is 0 Å². The predicted octanol–water partition coefficient (Wildman–Crippen LogP) is 1.53. The Morgan fingerprint density at radius 1 is 1.11 bits per heavy atom. The van der Waals surface area contributed by atoms with Crippen molar-refractivity contribution in [1.82, 2.24) is 20.9 Å². The lowest BCUT2D eigenvalue weighted by molar-refractivity contribution is -0.129. The zero-order valence-corrected chi connectivity index (χ0v) is 21.1. The monoisotopic (exact) mass is 493 g/mol. The third kappa shape index (κ3) is 6.15. The van der Waals surface area contributed by atoms with Crippen LogP contribution in [0.4, 0.5) is 5.69 Å². The van der Waals surface area contributed by atoms with Gasteiger partial charge in [-0.05, 0) is 54.8 Å². The molecule has 3 N–H and O–H groups in total. The second-order valence-electron chi connectivity index (χ2n) is 9.62. The van der Waals surface area contributed by atoms with E-state index in [1.807, 2.05) is 67.5 Å². The average Bonchev–Trinajstić information content (AvgIpc) is 3.32. The van der Waals surface area contributed by atoms with E-state index in [4.69, 9.17) is 4.74 Å². The Morgan fingerprint density at radius 2 is 1.83 bits per heavy atom. The largest absolute Gasteiger partial charge is 0.497 e. The topological polar surface area (TPSA) is 103 Å². The van der Waals surface area contributed by atoms with Crippen LogP contribution in [0.3, 0.4) is 0 Å². The smallest absolute Gasteiger partial charge is 0.251 e. The Kier molecular flexibility index (Phi) is 8.10. The summed E-state index contributed by atoms with van der Waals surface area (Å²) in [7, 11) is 5.53. The summed E-state index contributed by atoms with van der Waals surface area (Å²) >= 11 is 0. The highest BCUT2D eigenvalue weighted by molar-refractivity contribution is 5.95. The maximum Gasteiger partial charge on any atom is 0.251 e. The lowest BCUT2D eigenvalue weighted by Gasteiger charge is -2.37. The highest BCUT2D eigenvalue weighted by Gasteiger charge is 2.43. The van der Waals surface area contributed by atoms with Crippen molar-refractivity contribution in [3.8, 4) is 5.75 Å². The summed E-state index contributed by atoms with van der Waals surface area (Å²) in [4.78, 5) is 41.9. The molecule has 2 aromatic carbocycles. The number of fused-ring (bicyclic) bond motifs is 1. The van der Waals surface area contributed by atoms with Gasteiger partial charge in [-0.2, -0.15) is 0 Å². The predicted molar refractivity (Wildman–Crippen MR) is 138 cm³/mol. The highest BCUT2D eigenvalue weighted by atomic mass is 16.5. The number of hydrogen-bond donors (Lipinski definition) is 3. The molecule has 0 spiro atoms. The first-order valence-corrected chi connectivity index (χ1v) is 12.4. The van der Waals surface area contributed by atoms with Crippen LogP contribution in [0.5, 0.6) is 5.75 Å². The van der Waals surface area contributed by atoms with Crippen LogP contribution in [0.1, 0.15) is 35.2 Å². The number of nitrogens with one attached hydrogen (secondary N) is 3. The number of piperazine rings is 1. The zero-order chi connectivity index (χ0) is 25.7. The Morgan fingerprint density at radius 3 is 2.50 bits per heavy atom. The molecule has 2 aliphatic heterocycles. The molecule has 9 nitrogen and oxygen atoms in total. The molecule has 2 fully saturated rings. The summed E-state index contributed by atoms with van der Waals surface area (Å²) in [6.45, 7) is 1.56. The molecule has 3 amide bonds. The fraction of sp³-hybridized carbons (Fsp3) is 0.444. The molecular weight excluding hydrogens is 458 g/mol. The van der Waals surface area contributed by atoms with Gasteiger partial charge in [0.2, 0.25) is 11.8 Å². The molecule has 9 heteroatoms. The van der Waals surface area contributed by atoms with Gasteiger partial charge in [-0.25, -0.2) is 0 Å². The normalized spacial score (nSPS) is 21.3. The van der Waals surface area contributed by atoms with Crippen LogP contribution in [0.15, 0.2) is 48.5 Å². The van der Waals surface area contributed by atoms with Gasteiger partial charge in [-0.3, -0.25) is 19.3 Å². The Bertz CT molecular complexity index is 1070. The van der Waals surface area contributed by atoms with Crippen LogP contribution in [-0.2, 0) is 16.1 Å². The quantitative estimate of drug-likeness (QED) is 0.490. The van der Waals surface area contributed by atoms with Gasteiger partial charge < -0.3 is 25.6 Å². The fourth-order valence-corrected chi connectivity index (χ4v) is 4.86. The van der Waals surface area contributed by atoms with E-state index in [9.17, 15) is 14.4 Å². The van der Waals surface area contributed by atoms with Gasteiger partial charge in [0.25, 0.3) is 5.91 Å². The number of anilines is 1. The van der Waals surface area contributed by atoms with E-state index in [0.29, 0.717) is 44.5 Å². The lowest BCUT2D eigenvalue weighted by atomic mass is 10.0. The van der Waals surface area contributed by atoms with E-state index in [1.54, 1.807) is 7.11 Å². The van der Waals surface area contributed by atoms with Crippen molar-refractivity contribution < 1.29 is 19.1 Å². The van der Waals surface area contributed by atoms with Gasteiger partial charge >= 0.3 is 0 Å². The minimum Gasteiger partial charge on any atom is -0.497 e. The number of amides is 3. The van der Waals surface area contributed by atoms with E-state index < -0.39 is 0 Å². The molecule has 192 valence electrons. The SMILES string of the molecule is COc1ccc(CNC(=O)CC[C@@H]2CNC(=O)[C@@H]3C[C@@H](NC(=O)c4ccc(N(C)C)cc4)CN23)cc1. The summed E-state index contributed by atoms with van der Waals surface area (Å²) in [5, 5.41) is 9.03. The molecule has 0 saturated carbocycles. The molecule has 4 rings (SSSR count). The molecule has 0 bridgehead atoms. The van der Waals surface area contributed by atoms with Crippen molar-refractivity contribution in [2.75, 3.05) is 39.2 Å². The third-order valence-electron chi connectivity index (χ3n) is 6.96. The summed E-state index contributed by atoms with van der Waals surface area (Å²) in [5.41, 5.74) is 2.63.